The Morgan fingerprint density at radius 2 is 2.25 bits per heavy atom. The Kier molecular flexibility index (Phi) is 3.18. The molecule has 1 N–H and O–H groups in total. The van der Waals surface area contributed by atoms with Crippen LogP contribution in [0.4, 0.5) is 0 Å². The van der Waals surface area contributed by atoms with Gasteiger partial charge in [0, 0.05) is 18.6 Å². The normalized spacial score (nSPS) is 44.1. The van der Waals surface area contributed by atoms with Gasteiger partial charge in [0.15, 0.2) is 0 Å². The van der Waals surface area contributed by atoms with Gasteiger partial charge in [-0.25, -0.2) is 0 Å². The molecule has 3 fully saturated rings. The Bertz CT molecular complexity index is 244. The van der Waals surface area contributed by atoms with Crippen molar-refractivity contribution >= 4 is 0 Å². The second-order valence-corrected chi connectivity index (χ2v) is 5.57. The van der Waals surface area contributed by atoms with Crippen LogP contribution in [0.3, 0.4) is 0 Å². The molecular formula is C13H24N2O. The molecule has 0 aromatic carbocycles. The lowest BCUT2D eigenvalue weighted by molar-refractivity contribution is 0.0567. The van der Waals surface area contributed by atoms with Crippen LogP contribution in [-0.2, 0) is 4.74 Å². The standard InChI is InChI=1S/C13H24N2O/c1-2-14-10-4-3-7-15(9-10)12-8-11-5-6-13(12)16-11/h10-14H,2-9H2,1H3. The Morgan fingerprint density at radius 3 is 2.94 bits per heavy atom. The first-order chi connectivity index (χ1) is 7.86. The number of piperidine rings is 1. The molecule has 3 aliphatic rings. The van der Waals surface area contributed by atoms with Crippen molar-refractivity contribution in [2.45, 2.75) is 63.3 Å². The van der Waals surface area contributed by atoms with Gasteiger partial charge in [0.25, 0.3) is 0 Å². The van der Waals surface area contributed by atoms with E-state index in [1.54, 1.807) is 0 Å². The van der Waals surface area contributed by atoms with E-state index in [9.17, 15) is 0 Å². The number of fused-ring (bicyclic) bond motifs is 2. The van der Waals surface area contributed by atoms with Gasteiger partial charge in [0.1, 0.15) is 0 Å². The lowest BCUT2D eigenvalue weighted by Crippen LogP contribution is -2.52. The summed E-state index contributed by atoms with van der Waals surface area (Å²) < 4.78 is 5.97. The summed E-state index contributed by atoms with van der Waals surface area (Å²) in [6.07, 6.45) is 7.77. The minimum atomic E-state index is 0.561. The fraction of sp³-hybridized carbons (Fsp3) is 1.00. The number of hydrogen-bond donors (Lipinski definition) is 1. The van der Waals surface area contributed by atoms with Crippen LogP contribution in [0, 0.1) is 0 Å². The van der Waals surface area contributed by atoms with E-state index in [1.165, 1.54) is 45.2 Å². The maximum absolute atomic E-state index is 5.97. The van der Waals surface area contributed by atoms with Crippen molar-refractivity contribution in [3.8, 4) is 0 Å². The molecule has 0 radical (unpaired) electrons. The predicted molar refractivity (Wildman–Crippen MR) is 64.6 cm³/mol. The highest BCUT2D eigenvalue weighted by atomic mass is 16.5. The van der Waals surface area contributed by atoms with Gasteiger partial charge in [-0.1, -0.05) is 6.92 Å². The minimum Gasteiger partial charge on any atom is -0.373 e. The van der Waals surface area contributed by atoms with Crippen molar-refractivity contribution in [1.29, 1.82) is 0 Å². The summed E-state index contributed by atoms with van der Waals surface area (Å²) in [5, 5.41) is 3.60. The number of hydrogen-bond acceptors (Lipinski definition) is 3. The first-order valence-electron chi connectivity index (χ1n) is 6.99. The van der Waals surface area contributed by atoms with Crippen LogP contribution < -0.4 is 5.32 Å². The zero-order valence-corrected chi connectivity index (χ0v) is 10.3. The highest BCUT2D eigenvalue weighted by Gasteiger charge is 2.44. The van der Waals surface area contributed by atoms with Crippen LogP contribution in [0.2, 0.25) is 0 Å². The van der Waals surface area contributed by atoms with E-state index >= 15 is 0 Å². The number of ether oxygens (including phenoxy) is 1. The first-order valence-corrected chi connectivity index (χ1v) is 6.99. The summed E-state index contributed by atoms with van der Waals surface area (Å²) >= 11 is 0. The topological polar surface area (TPSA) is 24.5 Å². The summed E-state index contributed by atoms with van der Waals surface area (Å²) in [7, 11) is 0. The van der Waals surface area contributed by atoms with Gasteiger partial charge in [-0.3, -0.25) is 4.90 Å². The lowest BCUT2D eigenvalue weighted by Gasteiger charge is -2.39. The maximum atomic E-state index is 5.97. The molecule has 4 unspecified atom stereocenters. The van der Waals surface area contributed by atoms with E-state index in [4.69, 9.17) is 4.74 Å². The Balaban J connectivity index is 1.58. The third-order valence-corrected chi connectivity index (χ3v) is 4.49. The van der Waals surface area contributed by atoms with Crippen LogP contribution >= 0.6 is 0 Å². The average Bonchev–Trinajstić information content (AvgIpc) is 2.91. The molecule has 0 aromatic rings. The van der Waals surface area contributed by atoms with Gasteiger partial charge in [0.05, 0.1) is 12.2 Å². The Labute approximate surface area is 98.5 Å². The molecule has 0 saturated carbocycles. The van der Waals surface area contributed by atoms with E-state index in [0.29, 0.717) is 12.2 Å². The van der Waals surface area contributed by atoms with Crippen LogP contribution in [0.25, 0.3) is 0 Å². The zero-order chi connectivity index (χ0) is 11.0. The van der Waals surface area contributed by atoms with Gasteiger partial charge < -0.3 is 10.1 Å². The summed E-state index contributed by atoms with van der Waals surface area (Å²) in [4.78, 5) is 2.70. The summed E-state index contributed by atoms with van der Waals surface area (Å²) in [5.74, 6) is 0. The van der Waals surface area contributed by atoms with Crippen LogP contribution in [-0.4, -0.2) is 48.8 Å². The highest BCUT2D eigenvalue weighted by Crippen LogP contribution is 2.37. The van der Waals surface area contributed by atoms with E-state index in [1.807, 2.05) is 0 Å². The van der Waals surface area contributed by atoms with Gasteiger partial charge >= 0.3 is 0 Å². The molecule has 4 atom stereocenters. The van der Waals surface area contributed by atoms with E-state index in [-0.39, 0.29) is 0 Å². The summed E-state index contributed by atoms with van der Waals surface area (Å²) in [6.45, 7) is 5.84. The SMILES string of the molecule is CCNC1CCCN(C2CC3CCC2O3)C1. The molecule has 3 nitrogen and oxygen atoms in total. The monoisotopic (exact) mass is 224 g/mol. The number of nitrogens with zero attached hydrogens (tertiary/aromatic N) is 1. The summed E-state index contributed by atoms with van der Waals surface area (Å²) in [6, 6.07) is 1.46. The molecule has 2 bridgehead atoms. The second kappa shape index (κ2) is 4.63. The molecule has 0 amide bonds. The second-order valence-electron chi connectivity index (χ2n) is 5.57. The molecule has 0 aromatic heterocycles. The number of likely N-dealkylation sites (tertiary alicyclic amines) is 1. The van der Waals surface area contributed by atoms with Crippen molar-refractivity contribution in [1.82, 2.24) is 10.2 Å². The number of nitrogens with one attached hydrogen (secondary N) is 1. The largest absolute Gasteiger partial charge is 0.373 e. The third-order valence-electron chi connectivity index (χ3n) is 4.49. The summed E-state index contributed by atoms with van der Waals surface area (Å²) in [5.41, 5.74) is 0. The minimum absolute atomic E-state index is 0.561. The average molecular weight is 224 g/mol. The van der Waals surface area contributed by atoms with Crippen LogP contribution in [0.1, 0.15) is 39.0 Å². The lowest BCUT2D eigenvalue weighted by atomic mass is 9.92. The Hall–Kier alpha value is -0.120. The van der Waals surface area contributed by atoms with Gasteiger partial charge in [-0.15, -0.1) is 0 Å². The Morgan fingerprint density at radius 1 is 1.31 bits per heavy atom. The quantitative estimate of drug-likeness (QED) is 0.784. The van der Waals surface area contributed by atoms with Crippen molar-refractivity contribution in [2.24, 2.45) is 0 Å². The molecule has 16 heavy (non-hydrogen) atoms. The van der Waals surface area contributed by atoms with Gasteiger partial charge in [-0.2, -0.15) is 0 Å². The smallest absolute Gasteiger partial charge is 0.0735 e. The molecular weight excluding hydrogens is 200 g/mol. The predicted octanol–water partition coefficient (Wildman–Crippen LogP) is 1.38. The fourth-order valence-corrected chi connectivity index (χ4v) is 3.76. The molecule has 92 valence electrons. The molecule has 3 aliphatic heterocycles. The molecule has 3 saturated heterocycles. The number of rotatable bonds is 3. The zero-order valence-electron chi connectivity index (χ0n) is 10.3. The fourth-order valence-electron chi connectivity index (χ4n) is 3.76. The third kappa shape index (κ3) is 2.01. The molecule has 0 aliphatic carbocycles. The van der Waals surface area contributed by atoms with Crippen molar-refractivity contribution in [3.05, 3.63) is 0 Å². The van der Waals surface area contributed by atoms with E-state index in [2.05, 4.69) is 17.1 Å². The van der Waals surface area contributed by atoms with Crippen molar-refractivity contribution in [3.63, 3.8) is 0 Å². The molecule has 3 heterocycles. The van der Waals surface area contributed by atoms with Crippen LogP contribution in [0.5, 0.6) is 0 Å². The molecule has 0 spiro atoms. The maximum Gasteiger partial charge on any atom is 0.0735 e. The van der Waals surface area contributed by atoms with Crippen LogP contribution in [0.15, 0.2) is 0 Å². The van der Waals surface area contributed by atoms with Crippen molar-refractivity contribution < 1.29 is 4.74 Å². The van der Waals surface area contributed by atoms with E-state index < -0.39 is 0 Å². The molecule has 3 rings (SSSR count). The van der Waals surface area contributed by atoms with Crippen molar-refractivity contribution in [2.75, 3.05) is 19.6 Å². The highest BCUT2D eigenvalue weighted by molar-refractivity contribution is 4.97. The molecule has 3 heteroatoms. The first kappa shape index (κ1) is 11.0. The van der Waals surface area contributed by atoms with E-state index in [0.717, 1.165) is 18.6 Å². The van der Waals surface area contributed by atoms with Gasteiger partial charge in [-0.05, 0) is 45.2 Å². The van der Waals surface area contributed by atoms with Gasteiger partial charge in [0.2, 0.25) is 0 Å². The number of likely N-dealkylation sites (N-methyl/N-ethyl adjacent to an activating group) is 1.